The van der Waals surface area contributed by atoms with Crippen LogP contribution in [0.15, 0.2) is 23.1 Å². The number of nitrogens with zero attached hydrogens (tertiary/aromatic N) is 1. The second kappa shape index (κ2) is 5.93. The largest absolute Gasteiger partial charge is 0.389 e. The second-order valence-electron chi connectivity index (χ2n) is 4.25. The third-order valence-electron chi connectivity index (χ3n) is 2.16. The Morgan fingerprint density at radius 3 is 2.56 bits per heavy atom. The number of hydrogen-bond donors (Lipinski definition) is 1. The first kappa shape index (κ1) is 13.1. The van der Waals surface area contributed by atoms with Crippen LogP contribution in [-0.2, 0) is 0 Å². The van der Waals surface area contributed by atoms with Crippen molar-refractivity contribution in [2.45, 2.75) is 31.8 Å². The maximum atomic E-state index is 9.64. The Morgan fingerprint density at radius 2 is 2.06 bits per heavy atom. The fraction of sp³-hybridized carbons (Fsp3) is 0.462. The number of nitriles is 1. The van der Waals surface area contributed by atoms with Crippen LogP contribution in [0.25, 0.3) is 0 Å². The van der Waals surface area contributed by atoms with E-state index in [1.807, 2.05) is 12.1 Å². The van der Waals surface area contributed by atoms with Gasteiger partial charge in [-0.25, -0.2) is 0 Å². The van der Waals surface area contributed by atoms with Gasteiger partial charge >= 0.3 is 0 Å². The summed E-state index contributed by atoms with van der Waals surface area (Å²) in [5.74, 6) is 1.59. The molecule has 0 amide bonds. The zero-order valence-corrected chi connectivity index (χ0v) is 10.7. The molecule has 3 heteroatoms. The summed E-state index contributed by atoms with van der Waals surface area (Å²) < 4.78 is 0. The van der Waals surface area contributed by atoms with Crippen LogP contribution < -0.4 is 0 Å². The van der Waals surface area contributed by atoms with Crippen LogP contribution in [0.2, 0.25) is 0 Å². The van der Waals surface area contributed by atoms with Crippen LogP contribution in [0.3, 0.4) is 0 Å². The summed E-state index contributed by atoms with van der Waals surface area (Å²) in [5, 5.41) is 18.5. The average molecular weight is 235 g/mol. The van der Waals surface area contributed by atoms with Crippen LogP contribution in [0, 0.1) is 17.2 Å². The van der Waals surface area contributed by atoms with E-state index in [4.69, 9.17) is 5.26 Å². The van der Waals surface area contributed by atoms with E-state index in [2.05, 4.69) is 19.9 Å². The minimum Gasteiger partial charge on any atom is -0.389 e. The highest BCUT2D eigenvalue weighted by molar-refractivity contribution is 7.99. The monoisotopic (exact) mass is 235 g/mol. The van der Waals surface area contributed by atoms with Gasteiger partial charge in [0.2, 0.25) is 0 Å². The normalized spacial score (nSPS) is 12.5. The van der Waals surface area contributed by atoms with Crippen molar-refractivity contribution >= 4 is 11.8 Å². The molecule has 1 rings (SSSR count). The van der Waals surface area contributed by atoms with Gasteiger partial charge in [0.15, 0.2) is 0 Å². The van der Waals surface area contributed by atoms with Gasteiger partial charge in [0, 0.05) is 10.6 Å². The summed E-state index contributed by atoms with van der Waals surface area (Å²) in [6.07, 6.45) is -0.484. The van der Waals surface area contributed by atoms with Crippen molar-refractivity contribution in [1.29, 1.82) is 5.26 Å². The van der Waals surface area contributed by atoms with Crippen molar-refractivity contribution in [2.24, 2.45) is 5.92 Å². The summed E-state index contributed by atoms with van der Waals surface area (Å²) in [4.78, 5) is 1.02. The van der Waals surface area contributed by atoms with Gasteiger partial charge in [-0.2, -0.15) is 5.26 Å². The van der Waals surface area contributed by atoms with Gasteiger partial charge in [-0.1, -0.05) is 19.9 Å². The number of benzene rings is 1. The molecule has 0 saturated carbocycles. The van der Waals surface area contributed by atoms with E-state index in [1.54, 1.807) is 24.8 Å². The molecule has 16 heavy (non-hydrogen) atoms. The van der Waals surface area contributed by atoms with E-state index in [0.29, 0.717) is 11.5 Å². The molecule has 1 aromatic rings. The van der Waals surface area contributed by atoms with Gasteiger partial charge in [0.05, 0.1) is 17.7 Å². The standard InChI is InChI=1S/C13H17NOS/c1-9(2)8-16-13-6-11(7-14)4-5-12(13)10(3)15/h4-6,9-10,15H,8H2,1-3H3/t10-/m0/s1. The molecule has 0 aliphatic rings. The van der Waals surface area contributed by atoms with Crippen molar-refractivity contribution in [3.05, 3.63) is 29.3 Å². The molecular weight excluding hydrogens is 218 g/mol. The van der Waals surface area contributed by atoms with Gasteiger partial charge in [-0.3, -0.25) is 0 Å². The fourth-order valence-electron chi connectivity index (χ4n) is 1.33. The molecule has 1 atom stereocenters. The summed E-state index contributed by atoms with van der Waals surface area (Å²) in [6, 6.07) is 7.57. The molecular formula is C13H17NOS. The first-order chi connectivity index (χ1) is 7.54. The molecule has 2 nitrogen and oxygen atoms in total. The third-order valence-corrected chi connectivity index (χ3v) is 3.66. The van der Waals surface area contributed by atoms with Crippen molar-refractivity contribution in [2.75, 3.05) is 5.75 Å². The highest BCUT2D eigenvalue weighted by atomic mass is 32.2. The Kier molecular flexibility index (Phi) is 4.85. The van der Waals surface area contributed by atoms with Gasteiger partial charge in [-0.05, 0) is 30.5 Å². The number of rotatable bonds is 4. The smallest absolute Gasteiger partial charge is 0.0992 e. The lowest BCUT2D eigenvalue weighted by Crippen LogP contribution is -1.97. The van der Waals surface area contributed by atoms with Gasteiger partial charge in [0.25, 0.3) is 0 Å². The SMILES string of the molecule is CC(C)CSc1cc(C#N)ccc1[C@H](C)O. The maximum Gasteiger partial charge on any atom is 0.0992 e. The van der Waals surface area contributed by atoms with Crippen LogP contribution in [0.5, 0.6) is 0 Å². The molecule has 0 unspecified atom stereocenters. The Balaban J connectivity index is 2.97. The zero-order valence-electron chi connectivity index (χ0n) is 9.90. The van der Waals surface area contributed by atoms with E-state index in [0.717, 1.165) is 16.2 Å². The quantitative estimate of drug-likeness (QED) is 0.814. The van der Waals surface area contributed by atoms with Crippen LogP contribution in [-0.4, -0.2) is 10.9 Å². The highest BCUT2D eigenvalue weighted by Gasteiger charge is 2.10. The maximum absolute atomic E-state index is 9.64. The molecule has 0 heterocycles. The molecule has 0 aliphatic carbocycles. The summed E-state index contributed by atoms with van der Waals surface area (Å²) >= 11 is 1.70. The molecule has 0 aliphatic heterocycles. The lowest BCUT2D eigenvalue weighted by Gasteiger charge is -2.13. The minimum absolute atomic E-state index is 0.484. The number of thioether (sulfide) groups is 1. The molecule has 0 bridgehead atoms. The van der Waals surface area contributed by atoms with Crippen LogP contribution >= 0.6 is 11.8 Å². The van der Waals surface area contributed by atoms with Crippen molar-refractivity contribution in [1.82, 2.24) is 0 Å². The lowest BCUT2D eigenvalue weighted by molar-refractivity contribution is 0.196. The number of aliphatic hydroxyl groups excluding tert-OH is 1. The van der Waals surface area contributed by atoms with Gasteiger partial charge < -0.3 is 5.11 Å². The van der Waals surface area contributed by atoms with Crippen LogP contribution in [0.1, 0.15) is 38.0 Å². The second-order valence-corrected chi connectivity index (χ2v) is 5.31. The molecule has 1 N–H and O–H groups in total. The van der Waals surface area contributed by atoms with Crippen molar-refractivity contribution < 1.29 is 5.11 Å². The van der Waals surface area contributed by atoms with E-state index in [-0.39, 0.29) is 0 Å². The molecule has 0 saturated heterocycles. The first-order valence-corrected chi connectivity index (χ1v) is 6.38. The molecule has 0 radical (unpaired) electrons. The van der Waals surface area contributed by atoms with E-state index in [1.165, 1.54) is 0 Å². The van der Waals surface area contributed by atoms with Gasteiger partial charge in [0.1, 0.15) is 0 Å². The summed E-state index contributed by atoms with van der Waals surface area (Å²) in [7, 11) is 0. The van der Waals surface area contributed by atoms with E-state index < -0.39 is 6.10 Å². The van der Waals surface area contributed by atoms with Crippen molar-refractivity contribution in [3.8, 4) is 6.07 Å². The topological polar surface area (TPSA) is 44.0 Å². The van der Waals surface area contributed by atoms with Crippen molar-refractivity contribution in [3.63, 3.8) is 0 Å². The van der Waals surface area contributed by atoms with Gasteiger partial charge in [-0.15, -0.1) is 11.8 Å². The number of aliphatic hydroxyl groups is 1. The molecule has 0 fully saturated rings. The summed E-state index contributed by atoms with van der Waals surface area (Å²) in [6.45, 7) is 6.06. The third kappa shape index (κ3) is 3.55. The fourth-order valence-corrected chi connectivity index (χ4v) is 2.46. The molecule has 0 spiro atoms. The zero-order chi connectivity index (χ0) is 12.1. The Morgan fingerprint density at radius 1 is 1.38 bits per heavy atom. The highest BCUT2D eigenvalue weighted by Crippen LogP contribution is 2.29. The molecule has 1 aromatic carbocycles. The van der Waals surface area contributed by atoms with Crippen LogP contribution in [0.4, 0.5) is 0 Å². The lowest BCUT2D eigenvalue weighted by atomic mass is 10.1. The Bertz CT molecular complexity index is 393. The predicted molar refractivity (Wildman–Crippen MR) is 67.4 cm³/mol. The summed E-state index contributed by atoms with van der Waals surface area (Å²) in [5.41, 5.74) is 1.56. The van der Waals surface area contributed by atoms with E-state index >= 15 is 0 Å². The molecule has 86 valence electrons. The van der Waals surface area contributed by atoms with E-state index in [9.17, 15) is 5.11 Å². The Hall–Kier alpha value is -0.980. The Labute approximate surface area is 101 Å². The minimum atomic E-state index is -0.484. The molecule has 0 aromatic heterocycles. The average Bonchev–Trinajstić information content (AvgIpc) is 2.25. The predicted octanol–water partition coefficient (Wildman–Crippen LogP) is 3.36. The first-order valence-electron chi connectivity index (χ1n) is 5.39. The number of hydrogen-bond acceptors (Lipinski definition) is 3.